The predicted octanol–water partition coefficient (Wildman–Crippen LogP) is 3.77. The molecule has 0 atom stereocenters. The van der Waals surface area contributed by atoms with E-state index in [1.165, 1.54) is 36.9 Å². The van der Waals surface area contributed by atoms with E-state index >= 15 is 0 Å². The fraction of sp³-hybridized carbons (Fsp3) is 0.722. The molecule has 3 heteroatoms. The first-order valence-electron chi connectivity index (χ1n) is 8.64. The third-order valence-corrected chi connectivity index (χ3v) is 4.33. The molecule has 0 radical (unpaired) electrons. The van der Waals surface area contributed by atoms with Crippen LogP contribution in [0, 0.1) is 5.92 Å². The van der Waals surface area contributed by atoms with Crippen molar-refractivity contribution >= 4 is 5.82 Å². The lowest BCUT2D eigenvalue weighted by Gasteiger charge is -2.31. The van der Waals surface area contributed by atoms with Crippen LogP contribution in [0.1, 0.15) is 57.2 Å². The Morgan fingerprint density at radius 2 is 2.05 bits per heavy atom. The van der Waals surface area contributed by atoms with E-state index in [2.05, 4.69) is 43.2 Å². The van der Waals surface area contributed by atoms with E-state index in [0.717, 1.165) is 44.2 Å². The van der Waals surface area contributed by atoms with Crippen LogP contribution in [0.3, 0.4) is 0 Å². The third kappa shape index (κ3) is 4.99. The lowest BCUT2D eigenvalue weighted by molar-refractivity contribution is 0.321. The zero-order chi connectivity index (χ0) is 15.1. The lowest BCUT2D eigenvalue weighted by atomic mass is 9.85. The van der Waals surface area contributed by atoms with Gasteiger partial charge in [0.05, 0.1) is 0 Å². The van der Waals surface area contributed by atoms with Crippen molar-refractivity contribution in [2.45, 2.75) is 58.9 Å². The molecule has 0 spiro atoms. The van der Waals surface area contributed by atoms with Crippen LogP contribution in [-0.2, 0) is 13.0 Å². The SMILES string of the molecule is CCCNCc1cc(CCC)nc(N(C)CC2CCC2)c1. The first-order valence-corrected chi connectivity index (χ1v) is 8.64. The molecule has 0 unspecified atom stereocenters. The maximum Gasteiger partial charge on any atom is 0.128 e. The Hall–Kier alpha value is -1.09. The highest BCUT2D eigenvalue weighted by molar-refractivity contribution is 5.42. The molecule has 2 rings (SSSR count). The topological polar surface area (TPSA) is 28.2 Å². The van der Waals surface area contributed by atoms with Crippen LogP contribution in [-0.4, -0.2) is 25.1 Å². The molecular weight excluding hydrogens is 258 g/mol. The Balaban J connectivity index is 2.05. The molecular formula is C18H31N3. The van der Waals surface area contributed by atoms with Crippen LogP contribution in [0.4, 0.5) is 5.82 Å². The smallest absolute Gasteiger partial charge is 0.128 e. The Kier molecular flexibility index (Phi) is 6.50. The molecule has 1 N–H and O–H groups in total. The quantitative estimate of drug-likeness (QED) is 0.701. The molecule has 1 saturated carbocycles. The predicted molar refractivity (Wildman–Crippen MR) is 90.8 cm³/mol. The van der Waals surface area contributed by atoms with Gasteiger partial charge in [0.1, 0.15) is 5.82 Å². The van der Waals surface area contributed by atoms with Gasteiger partial charge in [0.25, 0.3) is 0 Å². The number of nitrogens with zero attached hydrogens (tertiary/aromatic N) is 2. The minimum atomic E-state index is 0.883. The molecule has 0 aliphatic heterocycles. The second-order valence-electron chi connectivity index (χ2n) is 6.43. The molecule has 3 nitrogen and oxygen atoms in total. The number of rotatable bonds is 9. The number of hydrogen-bond donors (Lipinski definition) is 1. The Morgan fingerprint density at radius 3 is 2.67 bits per heavy atom. The summed E-state index contributed by atoms with van der Waals surface area (Å²) in [6, 6.07) is 4.54. The summed E-state index contributed by atoms with van der Waals surface area (Å²) in [6.45, 7) is 7.63. The first-order chi connectivity index (χ1) is 10.2. The number of pyridine rings is 1. The van der Waals surface area contributed by atoms with Crippen molar-refractivity contribution in [3.05, 3.63) is 23.4 Å². The van der Waals surface area contributed by atoms with Gasteiger partial charge in [0, 0.05) is 25.8 Å². The highest BCUT2D eigenvalue weighted by atomic mass is 15.2. The number of nitrogens with one attached hydrogen (secondary N) is 1. The second-order valence-corrected chi connectivity index (χ2v) is 6.43. The van der Waals surface area contributed by atoms with E-state index in [-0.39, 0.29) is 0 Å². The number of aryl methyl sites for hydroxylation is 1. The van der Waals surface area contributed by atoms with Crippen LogP contribution in [0.5, 0.6) is 0 Å². The summed E-state index contributed by atoms with van der Waals surface area (Å²) in [4.78, 5) is 7.21. The number of aromatic nitrogens is 1. The van der Waals surface area contributed by atoms with Crippen LogP contribution < -0.4 is 10.2 Å². The van der Waals surface area contributed by atoms with E-state index in [0.29, 0.717) is 0 Å². The average molecular weight is 289 g/mol. The van der Waals surface area contributed by atoms with Crippen molar-refractivity contribution < 1.29 is 0 Å². The minimum absolute atomic E-state index is 0.883. The number of anilines is 1. The van der Waals surface area contributed by atoms with Crippen molar-refractivity contribution in [3.63, 3.8) is 0 Å². The molecule has 0 amide bonds. The largest absolute Gasteiger partial charge is 0.359 e. The summed E-state index contributed by atoms with van der Waals surface area (Å²) in [5, 5.41) is 3.50. The van der Waals surface area contributed by atoms with Crippen LogP contribution in [0.2, 0.25) is 0 Å². The second kappa shape index (κ2) is 8.38. The maximum absolute atomic E-state index is 4.86. The van der Waals surface area contributed by atoms with Crippen molar-refractivity contribution in [1.82, 2.24) is 10.3 Å². The van der Waals surface area contributed by atoms with Crippen LogP contribution in [0.25, 0.3) is 0 Å². The molecule has 1 fully saturated rings. The summed E-state index contributed by atoms with van der Waals surface area (Å²) in [6.07, 6.45) is 7.61. The standard InChI is InChI=1S/C18H31N3/c1-4-7-17-11-16(13-19-10-5-2)12-18(20-17)21(3)14-15-8-6-9-15/h11-12,15,19H,4-10,13-14H2,1-3H3. The molecule has 0 aromatic carbocycles. The van der Waals surface area contributed by atoms with Gasteiger partial charge >= 0.3 is 0 Å². The van der Waals surface area contributed by atoms with E-state index < -0.39 is 0 Å². The Morgan fingerprint density at radius 1 is 1.24 bits per heavy atom. The molecule has 0 bridgehead atoms. The van der Waals surface area contributed by atoms with Gasteiger partial charge in [-0.25, -0.2) is 4.98 Å². The molecule has 1 aromatic heterocycles. The van der Waals surface area contributed by atoms with Crippen molar-refractivity contribution in [3.8, 4) is 0 Å². The monoisotopic (exact) mass is 289 g/mol. The zero-order valence-electron chi connectivity index (χ0n) is 14.0. The third-order valence-electron chi connectivity index (χ3n) is 4.33. The molecule has 0 saturated heterocycles. The number of hydrogen-bond acceptors (Lipinski definition) is 3. The molecule has 118 valence electrons. The van der Waals surface area contributed by atoms with Crippen molar-refractivity contribution in [2.24, 2.45) is 5.92 Å². The molecule has 1 aromatic rings. The van der Waals surface area contributed by atoms with E-state index in [4.69, 9.17) is 4.98 Å². The van der Waals surface area contributed by atoms with Crippen molar-refractivity contribution in [1.29, 1.82) is 0 Å². The minimum Gasteiger partial charge on any atom is -0.359 e. The Labute approximate surface area is 130 Å². The van der Waals surface area contributed by atoms with Gasteiger partial charge in [0.15, 0.2) is 0 Å². The fourth-order valence-corrected chi connectivity index (χ4v) is 2.88. The molecule has 1 aliphatic rings. The van der Waals surface area contributed by atoms with E-state index in [9.17, 15) is 0 Å². The summed E-state index contributed by atoms with van der Waals surface area (Å²) >= 11 is 0. The highest BCUT2D eigenvalue weighted by Crippen LogP contribution is 2.28. The van der Waals surface area contributed by atoms with Gasteiger partial charge in [0.2, 0.25) is 0 Å². The normalized spacial score (nSPS) is 15.0. The summed E-state index contributed by atoms with van der Waals surface area (Å²) < 4.78 is 0. The van der Waals surface area contributed by atoms with Crippen LogP contribution in [0.15, 0.2) is 12.1 Å². The van der Waals surface area contributed by atoms with Gasteiger partial charge in [-0.3, -0.25) is 0 Å². The molecule has 1 heterocycles. The summed E-state index contributed by atoms with van der Waals surface area (Å²) in [5.74, 6) is 2.04. The van der Waals surface area contributed by atoms with Gasteiger partial charge in [-0.15, -0.1) is 0 Å². The summed E-state index contributed by atoms with van der Waals surface area (Å²) in [7, 11) is 2.19. The molecule has 1 aliphatic carbocycles. The van der Waals surface area contributed by atoms with Gasteiger partial charge in [-0.05, 0) is 55.8 Å². The average Bonchev–Trinajstić information content (AvgIpc) is 2.43. The van der Waals surface area contributed by atoms with E-state index in [1.807, 2.05) is 0 Å². The highest BCUT2D eigenvalue weighted by Gasteiger charge is 2.20. The fourth-order valence-electron chi connectivity index (χ4n) is 2.88. The first kappa shape index (κ1) is 16.3. The summed E-state index contributed by atoms with van der Waals surface area (Å²) in [5.41, 5.74) is 2.61. The van der Waals surface area contributed by atoms with Crippen molar-refractivity contribution in [2.75, 3.05) is 25.0 Å². The van der Waals surface area contributed by atoms with Gasteiger partial charge < -0.3 is 10.2 Å². The maximum atomic E-state index is 4.86. The van der Waals surface area contributed by atoms with Gasteiger partial charge in [-0.2, -0.15) is 0 Å². The van der Waals surface area contributed by atoms with Gasteiger partial charge in [-0.1, -0.05) is 26.7 Å². The molecule has 21 heavy (non-hydrogen) atoms. The van der Waals surface area contributed by atoms with Crippen LogP contribution >= 0.6 is 0 Å². The zero-order valence-corrected chi connectivity index (χ0v) is 14.0. The Bertz CT molecular complexity index is 426. The van der Waals surface area contributed by atoms with E-state index in [1.54, 1.807) is 0 Å². The lowest BCUT2D eigenvalue weighted by Crippen LogP contribution is -2.30.